The van der Waals surface area contributed by atoms with Crippen LogP contribution in [0.2, 0.25) is 0 Å². The molecule has 0 aliphatic carbocycles. The largest absolute Gasteiger partial charge is 0.396 e. The van der Waals surface area contributed by atoms with E-state index < -0.39 is 0 Å². The second-order valence-corrected chi connectivity index (χ2v) is 4.72. The summed E-state index contributed by atoms with van der Waals surface area (Å²) < 4.78 is 1.77. The second kappa shape index (κ2) is 4.85. The van der Waals surface area contributed by atoms with Crippen molar-refractivity contribution in [2.24, 2.45) is 5.92 Å². The Balaban J connectivity index is 1.81. The molecule has 1 unspecified atom stereocenters. The lowest BCUT2D eigenvalue weighted by Crippen LogP contribution is -2.24. The molecule has 1 aromatic carbocycles. The maximum absolute atomic E-state index is 11.9. The Morgan fingerprint density at radius 1 is 1.26 bits per heavy atom. The van der Waals surface area contributed by atoms with Gasteiger partial charge in [-0.15, -0.1) is 0 Å². The highest BCUT2D eigenvalue weighted by Crippen LogP contribution is 2.25. The number of hydrogen-bond donors (Lipinski definition) is 1. The van der Waals surface area contributed by atoms with Gasteiger partial charge in [-0.2, -0.15) is 5.10 Å². The highest BCUT2D eigenvalue weighted by molar-refractivity contribution is 5.95. The molecule has 1 aliphatic rings. The van der Waals surface area contributed by atoms with Crippen LogP contribution in [0, 0.1) is 5.92 Å². The average Bonchev–Trinajstić information content (AvgIpc) is 3.08. The predicted octanol–water partition coefficient (Wildman–Crippen LogP) is 1.22. The number of carbonyl (C=O) groups excluding carboxylic acids is 1. The summed E-state index contributed by atoms with van der Waals surface area (Å²) in [6.45, 7) is 0.657. The number of hydrogen-bond acceptors (Lipinski definition) is 3. The maximum Gasteiger partial charge on any atom is 0.227 e. The second-order valence-electron chi connectivity index (χ2n) is 4.72. The fourth-order valence-corrected chi connectivity index (χ4v) is 2.36. The first-order valence-electron chi connectivity index (χ1n) is 6.29. The van der Waals surface area contributed by atoms with Gasteiger partial charge in [0.1, 0.15) is 0 Å². The molecule has 1 N–H and O–H groups in total. The molecule has 98 valence electrons. The minimum Gasteiger partial charge on any atom is -0.396 e. The van der Waals surface area contributed by atoms with Crippen LogP contribution in [0.25, 0.3) is 5.69 Å². The Labute approximate surface area is 111 Å². The summed E-state index contributed by atoms with van der Waals surface area (Å²) in [5, 5.41) is 13.3. The van der Waals surface area contributed by atoms with Crippen LogP contribution in [0.1, 0.15) is 6.42 Å². The topological polar surface area (TPSA) is 58.4 Å². The summed E-state index contributed by atoms with van der Waals surface area (Å²) in [5.74, 6) is 0.129. The van der Waals surface area contributed by atoms with Gasteiger partial charge in [0, 0.05) is 43.6 Å². The maximum atomic E-state index is 11.9. The molecule has 1 amide bonds. The van der Waals surface area contributed by atoms with E-state index in [9.17, 15) is 4.79 Å². The van der Waals surface area contributed by atoms with Crippen molar-refractivity contribution < 1.29 is 9.90 Å². The van der Waals surface area contributed by atoms with Crippen LogP contribution >= 0.6 is 0 Å². The summed E-state index contributed by atoms with van der Waals surface area (Å²) >= 11 is 0. The Bertz CT molecular complexity index is 563. The lowest BCUT2D eigenvalue weighted by Gasteiger charge is -2.16. The number of aliphatic hydroxyl groups is 1. The van der Waals surface area contributed by atoms with E-state index in [4.69, 9.17) is 5.11 Å². The third-order valence-electron chi connectivity index (χ3n) is 3.39. The van der Waals surface area contributed by atoms with Crippen LogP contribution in [0.15, 0.2) is 42.7 Å². The molecule has 2 heterocycles. The first kappa shape index (κ1) is 11.9. The van der Waals surface area contributed by atoms with Crippen molar-refractivity contribution in [3.63, 3.8) is 0 Å². The molecule has 5 heteroatoms. The molecule has 1 fully saturated rings. The molecular formula is C14H15N3O2. The molecule has 0 bridgehead atoms. The zero-order valence-electron chi connectivity index (χ0n) is 10.4. The molecular weight excluding hydrogens is 242 g/mol. The number of nitrogens with zero attached hydrogens (tertiary/aromatic N) is 3. The van der Waals surface area contributed by atoms with Gasteiger partial charge in [-0.05, 0) is 30.3 Å². The Hall–Kier alpha value is -2.14. The van der Waals surface area contributed by atoms with Crippen molar-refractivity contribution in [1.29, 1.82) is 0 Å². The van der Waals surface area contributed by atoms with Gasteiger partial charge in [0.05, 0.1) is 5.69 Å². The molecule has 1 saturated heterocycles. The van der Waals surface area contributed by atoms with Crippen molar-refractivity contribution in [1.82, 2.24) is 9.78 Å². The van der Waals surface area contributed by atoms with Gasteiger partial charge in [-0.25, -0.2) is 4.68 Å². The standard InChI is InChI=1S/C14H15N3O2/c18-10-11-8-14(19)16(9-11)12-2-4-13(5-3-12)17-7-1-6-15-17/h1-7,11,18H,8-10H2. The van der Waals surface area contributed by atoms with Crippen molar-refractivity contribution in [3.8, 4) is 5.69 Å². The number of benzene rings is 1. The highest BCUT2D eigenvalue weighted by Gasteiger charge is 2.29. The van der Waals surface area contributed by atoms with Crippen molar-refractivity contribution in [3.05, 3.63) is 42.7 Å². The predicted molar refractivity (Wildman–Crippen MR) is 71.1 cm³/mol. The quantitative estimate of drug-likeness (QED) is 0.899. The SMILES string of the molecule is O=C1CC(CO)CN1c1ccc(-n2cccn2)cc1. The summed E-state index contributed by atoms with van der Waals surface area (Å²) in [5.41, 5.74) is 1.83. The number of aliphatic hydroxyl groups excluding tert-OH is 1. The first-order valence-corrected chi connectivity index (χ1v) is 6.29. The van der Waals surface area contributed by atoms with Crippen molar-refractivity contribution in [2.45, 2.75) is 6.42 Å². The highest BCUT2D eigenvalue weighted by atomic mass is 16.3. The van der Waals surface area contributed by atoms with E-state index in [1.165, 1.54) is 0 Å². The van der Waals surface area contributed by atoms with Crippen molar-refractivity contribution in [2.75, 3.05) is 18.1 Å². The van der Waals surface area contributed by atoms with Crippen LogP contribution in [0.3, 0.4) is 0 Å². The van der Waals surface area contributed by atoms with E-state index in [0.717, 1.165) is 11.4 Å². The molecule has 0 radical (unpaired) electrons. The number of anilines is 1. The number of rotatable bonds is 3. The molecule has 0 saturated carbocycles. The minimum atomic E-state index is 0.0540. The third kappa shape index (κ3) is 2.24. The lowest BCUT2D eigenvalue weighted by atomic mass is 10.1. The normalized spacial score (nSPS) is 19.1. The fourth-order valence-electron chi connectivity index (χ4n) is 2.36. The van der Waals surface area contributed by atoms with E-state index in [1.807, 2.05) is 36.5 Å². The van der Waals surface area contributed by atoms with Crippen LogP contribution in [-0.2, 0) is 4.79 Å². The van der Waals surface area contributed by atoms with Crippen LogP contribution < -0.4 is 4.90 Å². The summed E-state index contributed by atoms with van der Waals surface area (Å²) in [6.07, 6.45) is 4.03. The first-order chi connectivity index (χ1) is 9.28. The van der Waals surface area contributed by atoms with Gasteiger partial charge in [-0.3, -0.25) is 4.79 Å². The Morgan fingerprint density at radius 2 is 2.00 bits per heavy atom. The summed E-state index contributed by atoms with van der Waals surface area (Å²) in [4.78, 5) is 13.6. The Kier molecular flexibility index (Phi) is 3.05. The molecule has 5 nitrogen and oxygen atoms in total. The van der Waals surface area contributed by atoms with Gasteiger partial charge in [0.15, 0.2) is 0 Å². The third-order valence-corrected chi connectivity index (χ3v) is 3.39. The minimum absolute atomic E-state index is 0.0540. The smallest absolute Gasteiger partial charge is 0.227 e. The number of aromatic nitrogens is 2. The summed E-state index contributed by atoms with van der Waals surface area (Å²) in [7, 11) is 0. The monoisotopic (exact) mass is 257 g/mol. The van der Waals surface area contributed by atoms with Crippen LogP contribution in [0.5, 0.6) is 0 Å². The van der Waals surface area contributed by atoms with E-state index >= 15 is 0 Å². The molecule has 2 aromatic rings. The molecule has 19 heavy (non-hydrogen) atoms. The van der Waals surface area contributed by atoms with E-state index in [0.29, 0.717) is 13.0 Å². The van der Waals surface area contributed by atoms with Gasteiger partial charge in [0.25, 0.3) is 0 Å². The molecule has 3 rings (SSSR count). The molecule has 1 atom stereocenters. The number of carbonyl (C=O) groups is 1. The summed E-state index contributed by atoms with van der Waals surface area (Å²) in [6, 6.07) is 9.55. The van der Waals surface area contributed by atoms with Crippen LogP contribution in [0.4, 0.5) is 5.69 Å². The zero-order chi connectivity index (χ0) is 13.2. The van der Waals surface area contributed by atoms with Crippen LogP contribution in [-0.4, -0.2) is 33.9 Å². The van der Waals surface area contributed by atoms with Gasteiger partial charge >= 0.3 is 0 Å². The van der Waals surface area contributed by atoms with Crippen molar-refractivity contribution >= 4 is 11.6 Å². The molecule has 1 aliphatic heterocycles. The van der Waals surface area contributed by atoms with Gasteiger partial charge in [0.2, 0.25) is 5.91 Å². The Morgan fingerprint density at radius 3 is 2.58 bits per heavy atom. The lowest BCUT2D eigenvalue weighted by molar-refractivity contribution is -0.117. The zero-order valence-corrected chi connectivity index (χ0v) is 10.4. The average molecular weight is 257 g/mol. The fraction of sp³-hybridized carbons (Fsp3) is 0.286. The van der Waals surface area contributed by atoms with Gasteiger partial charge in [-0.1, -0.05) is 0 Å². The molecule has 0 spiro atoms. The molecule has 1 aromatic heterocycles. The van der Waals surface area contributed by atoms with E-state index in [1.54, 1.807) is 15.8 Å². The number of amides is 1. The van der Waals surface area contributed by atoms with Gasteiger partial charge < -0.3 is 10.0 Å². The van der Waals surface area contributed by atoms with E-state index in [2.05, 4.69) is 5.10 Å². The van der Waals surface area contributed by atoms with E-state index in [-0.39, 0.29) is 18.4 Å².